The highest BCUT2D eigenvalue weighted by Crippen LogP contribution is 2.36. The third kappa shape index (κ3) is 5.65. The van der Waals surface area contributed by atoms with Gasteiger partial charge < -0.3 is 14.8 Å². The van der Waals surface area contributed by atoms with Crippen LogP contribution >= 0.6 is 27.5 Å². The van der Waals surface area contributed by atoms with Gasteiger partial charge in [0.1, 0.15) is 0 Å². The van der Waals surface area contributed by atoms with Crippen LogP contribution in [0.25, 0.3) is 0 Å². The lowest BCUT2D eigenvalue weighted by molar-refractivity contribution is 0.252. The van der Waals surface area contributed by atoms with Crippen molar-refractivity contribution < 1.29 is 14.3 Å². The van der Waals surface area contributed by atoms with E-state index in [9.17, 15) is 4.79 Å². The molecule has 0 fully saturated rings. The Hall–Kier alpha value is -2.25. The third-order valence-electron chi connectivity index (χ3n) is 3.00. The van der Waals surface area contributed by atoms with E-state index in [0.717, 1.165) is 10.0 Å². The van der Waals surface area contributed by atoms with E-state index in [0.29, 0.717) is 28.8 Å². The molecule has 0 bridgehead atoms. The molecule has 8 heteroatoms. The summed E-state index contributed by atoms with van der Waals surface area (Å²) < 4.78 is 11.6. The van der Waals surface area contributed by atoms with Crippen molar-refractivity contribution in [3.8, 4) is 11.5 Å². The molecule has 0 aromatic heterocycles. The van der Waals surface area contributed by atoms with Crippen LogP contribution in [-0.2, 0) is 0 Å². The molecule has 2 N–H and O–H groups in total. The summed E-state index contributed by atoms with van der Waals surface area (Å²) in [5, 5.41) is 7.08. The van der Waals surface area contributed by atoms with Gasteiger partial charge in [-0.05, 0) is 58.7 Å². The molecule has 0 radical (unpaired) electrons. The summed E-state index contributed by atoms with van der Waals surface area (Å²) in [4.78, 5) is 11.8. The van der Waals surface area contributed by atoms with Crippen LogP contribution in [0.15, 0.2) is 46.0 Å². The molecule has 0 aliphatic rings. The number of carbonyl (C=O) groups excluding carboxylic acids is 1. The normalized spacial score (nSPS) is 10.6. The van der Waals surface area contributed by atoms with E-state index in [2.05, 4.69) is 31.8 Å². The van der Waals surface area contributed by atoms with Crippen LogP contribution in [-0.4, -0.2) is 26.0 Å². The minimum atomic E-state index is -0.476. The number of carbonyl (C=O) groups is 1. The highest BCUT2D eigenvalue weighted by Gasteiger charge is 2.10. The SMILES string of the molecule is CCOc1cc(/C=N\NC(=O)Nc2cccc(Cl)c2)cc(Br)c1OC. The summed E-state index contributed by atoms with van der Waals surface area (Å²) in [6, 6.07) is 9.93. The first-order chi connectivity index (χ1) is 12.0. The van der Waals surface area contributed by atoms with Crippen molar-refractivity contribution in [2.75, 3.05) is 19.0 Å². The van der Waals surface area contributed by atoms with Crippen molar-refractivity contribution in [1.82, 2.24) is 5.43 Å². The molecule has 2 rings (SSSR count). The van der Waals surface area contributed by atoms with Gasteiger partial charge >= 0.3 is 6.03 Å². The quantitative estimate of drug-likeness (QED) is 0.521. The van der Waals surface area contributed by atoms with Crippen LogP contribution in [0.4, 0.5) is 10.5 Å². The van der Waals surface area contributed by atoms with E-state index in [1.165, 1.54) is 6.21 Å². The molecule has 6 nitrogen and oxygen atoms in total. The van der Waals surface area contributed by atoms with E-state index in [1.54, 1.807) is 43.5 Å². The van der Waals surface area contributed by atoms with E-state index in [4.69, 9.17) is 21.1 Å². The predicted molar refractivity (Wildman–Crippen MR) is 103 cm³/mol. The molecule has 2 amide bonds. The molecule has 25 heavy (non-hydrogen) atoms. The lowest BCUT2D eigenvalue weighted by atomic mass is 10.2. The van der Waals surface area contributed by atoms with E-state index in [1.807, 2.05) is 6.92 Å². The monoisotopic (exact) mass is 425 g/mol. The zero-order valence-electron chi connectivity index (χ0n) is 13.7. The second kappa shape index (κ2) is 9.29. The molecular weight excluding hydrogens is 410 g/mol. The van der Waals surface area contributed by atoms with E-state index >= 15 is 0 Å². The number of rotatable bonds is 6. The second-order valence-electron chi connectivity index (χ2n) is 4.80. The molecule has 132 valence electrons. The molecule has 0 saturated carbocycles. The summed E-state index contributed by atoms with van der Waals surface area (Å²) in [6.07, 6.45) is 1.50. The first-order valence-corrected chi connectivity index (χ1v) is 8.56. The zero-order chi connectivity index (χ0) is 18.2. The number of ether oxygens (including phenoxy) is 2. The van der Waals surface area contributed by atoms with Crippen molar-refractivity contribution in [1.29, 1.82) is 0 Å². The molecule has 0 saturated heterocycles. The Morgan fingerprint density at radius 3 is 2.84 bits per heavy atom. The van der Waals surface area contributed by atoms with Gasteiger partial charge in [-0.1, -0.05) is 17.7 Å². The van der Waals surface area contributed by atoms with Gasteiger partial charge in [-0.25, -0.2) is 10.2 Å². The Morgan fingerprint density at radius 1 is 1.36 bits per heavy atom. The number of hydrogen-bond acceptors (Lipinski definition) is 4. The van der Waals surface area contributed by atoms with Gasteiger partial charge in [0.25, 0.3) is 0 Å². The first kappa shape index (κ1) is 19.1. The van der Waals surface area contributed by atoms with Crippen LogP contribution in [0.3, 0.4) is 0 Å². The lowest BCUT2D eigenvalue weighted by Gasteiger charge is -2.11. The number of hydrogen-bond donors (Lipinski definition) is 2. The summed E-state index contributed by atoms with van der Waals surface area (Å²) in [7, 11) is 1.57. The first-order valence-electron chi connectivity index (χ1n) is 7.39. The predicted octanol–water partition coefficient (Wildman–Crippen LogP) is 4.67. The minimum Gasteiger partial charge on any atom is -0.492 e. The van der Waals surface area contributed by atoms with E-state index < -0.39 is 6.03 Å². The van der Waals surface area contributed by atoms with Crippen molar-refractivity contribution in [2.24, 2.45) is 5.10 Å². The molecule has 0 spiro atoms. The van der Waals surface area contributed by atoms with Gasteiger partial charge in [0, 0.05) is 10.7 Å². The van der Waals surface area contributed by atoms with Gasteiger partial charge in [0.15, 0.2) is 11.5 Å². The Kier molecular flexibility index (Phi) is 7.09. The summed E-state index contributed by atoms with van der Waals surface area (Å²) in [6.45, 7) is 2.39. The van der Waals surface area contributed by atoms with Gasteiger partial charge in [-0.3, -0.25) is 0 Å². The number of anilines is 1. The highest BCUT2D eigenvalue weighted by molar-refractivity contribution is 9.10. The number of urea groups is 1. The molecular formula is C17H17BrClN3O3. The van der Waals surface area contributed by atoms with Crippen molar-refractivity contribution in [2.45, 2.75) is 6.92 Å². The highest BCUT2D eigenvalue weighted by atomic mass is 79.9. The second-order valence-corrected chi connectivity index (χ2v) is 6.09. The Morgan fingerprint density at radius 2 is 2.16 bits per heavy atom. The molecule has 0 heterocycles. The molecule has 2 aromatic rings. The van der Waals surface area contributed by atoms with Gasteiger partial charge in [0.05, 0.1) is 24.4 Å². The summed E-state index contributed by atoms with van der Waals surface area (Å²) in [5.74, 6) is 1.19. The minimum absolute atomic E-state index is 0.476. The summed E-state index contributed by atoms with van der Waals surface area (Å²) >= 11 is 9.29. The van der Waals surface area contributed by atoms with Crippen molar-refractivity contribution in [3.05, 3.63) is 51.5 Å². The molecule has 0 aliphatic heterocycles. The molecule has 0 unspecified atom stereocenters. The fourth-order valence-corrected chi connectivity index (χ4v) is 2.83. The lowest BCUT2D eigenvalue weighted by Crippen LogP contribution is -2.24. The largest absolute Gasteiger partial charge is 0.492 e. The number of methoxy groups -OCH3 is 1. The Bertz CT molecular complexity index is 784. The van der Waals surface area contributed by atoms with Crippen LogP contribution in [0, 0.1) is 0 Å². The van der Waals surface area contributed by atoms with Crippen LogP contribution in [0.1, 0.15) is 12.5 Å². The number of amides is 2. The fraction of sp³-hybridized carbons (Fsp3) is 0.176. The van der Waals surface area contributed by atoms with Crippen LogP contribution in [0.2, 0.25) is 5.02 Å². The average molecular weight is 427 g/mol. The van der Waals surface area contributed by atoms with Gasteiger partial charge in [-0.15, -0.1) is 0 Å². The average Bonchev–Trinajstić information content (AvgIpc) is 2.55. The maximum atomic E-state index is 11.8. The molecule has 2 aromatic carbocycles. The number of nitrogens with zero attached hydrogens (tertiary/aromatic N) is 1. The van der Waals surface area contributed by atoms with Crippen molar-refractivity contribution >= 4 is 45.5 Å². The number of halogens is 2. The van der Waals surface area contributed by atoms with Gasteiger partial charge in [-0.2, -0.15) is 5.10 Å². The molecule has 0 atom stereocenters. The fourth-order valence-electron chi connectivity index (χ4n) is 2.01. The van der Waals surface area contributed by atoms with Crippen LogP contribution < -0.4 is 20.2 Å². The molecule has 0 aliphatic carbocycles. The number of benzene rings is 2. The Balaban J connectivity index is 2.02. The topological polar surface area (TPSA) is 72.0 Å². The van der Waals surface area contributed by atoms with Crippen molar-refractivity contribution in [3.63, 3.8) is 0 Å². The van der Waals surface area contributed by atoms with Crippen LogP contribution in [0.5, 0.6) is 11.5 Å². The van der Waals surface area contributed by atoms with Gasteiger partial charge in [0.2, 0.25) is 0 Å². The standard InChI is InChI=1S/C17H17BrClN3O3/c1-3-25-15-8-11(7-14(18)16(15)24-2)10-20-22-17(23)21-13-6-4-5-12(19)9-13/h4-10H,3H2,1-2H3,(H2,21,22,23)/b20-10-. The Labute approximate surface area is 159 Å². The number of nitrogens with one attached hydrogen (secondary N) is 2. The maximum Gasteiger partial charge on any atom is 0.339 e. The third-order valence-corrected chi connectivity index (χ3v) is 3.82. The summed E-state index contributed by atoms with van der Waals surface area (Å²) in [5.41, 5.74) is 3.70. The zero-order valence-corrected chi connectivity index (χ0v) is 16.0. The number of hydrazone groups is 1. The maximum absolute atomic E-state index is 11.8. The van der Waals surface area contributed by atoms with E-state index in [-0.39, 0.29) is 0 Å². The smallest absolute Gasteiger partial charge is 0.339 e.